The van der Waals surface area contributed by atoms with Crippen molar-refractivity contribution < 1.29 is 15.2 Å². The zero-order chi connectivity index (χ0) is 15.1. The van der Waals surface area contributed by atoms with Gasteiger partial charge in [-0.2, -0.15) is 0 Å². The quantitative estimate of drug-likeness (QED) is 0.678. The van der Waals surface area contributed by atoms with Gasteiger partial charge in [-0.05, 0) is 23.8 Å². The van der Waals surface area contributed by atoms with Crippen molar-refractivity contribution in [3.8, 4) is 11.5 Å². The maximum atomic E-state index is 10.5. The Morgan fingerprint density at radius 1 is 1.18 bits per heavy atom. The number of para-hydroxylation sites is 2. The number of hydrogen-bond acceptors (Lipinski definition) is 2. The summed E-state index contributed by atoms with van der Waals surface area (Å²) in [5, 5.41) is 14.0. The fourth-order valence-electron chi connectivity index (χ4n) is 3.51. The van der Waals surface area contributed by atoms with E-state index in [9.17, 15) is 5.11 Å². The second-order valence-electron chi connectivity index (χ2n) is 5.71. The van der Waals surface area contributed by atoms with Crippen LogP contribution in [0.2, 0.25) is 0 Å². The van der Waals surface area contributed by atoms with Crippen LogP contribution in [0.5, 0.6) is 11.5 Å². The molecule has 0 radical (unpaired) electrons. The molecule has 1 atom stereocenters. The number of H-pyrrole nitrogens is 1. The minimum Gasteiger partial charge on any atom is -0.504 e. The number of aromatic amines is 1. The molecule has 0 fully saturated rings. The van der Waals surface area contributed by atoms with Crippen molar-refractivity contribution in [3.05, 3.63) is 59.3 Å². The van der Waals surface area contributed by atoms with E-state index < -0.39 is 0 Å². The van der Waals surface area contributed by atoms with Crippen molar-refractivity contribution in [3.63, 3.8) is 0 Å². The molecule has 112 valence electrons. The third-order valence-electron chi connectivity index (χ3n) is 4.54. The molecular weight excluding hydrogens is 276 g/mol. The van der Waals surface area contributed by atoms with Crippen molar-refractivity contribution in [2.75, 3.05) is 13.7 Å². The van der Waals surface area contributed by atoms with Crippen LogP contribution in [-0.2, 0) is 6.42 Å². The Morgan fingerprint density at radius 2 is 2.05 bits per heavy atom. The van der Waals surface area contributed by atoms with E-state index in [1.165, 1.54) is 16.6 Å². The highest BCUT2D eigenvalue weighted by atomic mass is 16.5. The molecule has 4 nitrogen and oxygen atoms in total. The molecule has 4 N–H and O–H groups in total. The zero-order valence-corrected chi connectivity index (χ0v) is 12.5. The SMILES string of the molecule is COc1cccc([C@H]2[NH2+]CCc3c2[nH]c2ccccc32)c1O. The Kier molecular flexibility index (Phi) is 3.05. The number of ether oxygens (including phenoxy) is 1. The molecule has 22 heavy (non-hydrogen) atoms. The number of methoxy groups -OCH3 is 1. The predicted molar refractivity (Wildman–Crippen MR) is 85.3 cm³/mol. The summed E-state index contributed by atoms with van der Waals surface area (Å²) in [5.74, 6) is 0.756. The molecule has 2 aromatic carbocycles. The number of aromatic hydroxyl groups is 1. The number of hydrogen-bond donors (Lipinski definition) is 3. The molecule has 0 bridgehead atoms. The van der Waals surface area contributed by atoms with Crippen molar-refractivity contribution >= 4 is 10.9 Å². The molecule has 0 saturated carbocycles. The zero-order valence-electron chi connectivity index (χ0n) is 12.5. The highest BCUT2D eigenvalue weighted by molar-refractivity contribution is 5.85. The average Bonchev–Trinajstić information content (AvgIpc) is 2.94. The van der Waals surface area contributed by atoms with E-state index in [1.54, 1.807) is 13.2 Å². The number of nitrogens with one attached hydrogen (secondary N) is 1. The molecule has 4 rings (SSSR count). The van der Waals surface area contributed by atoms with Gasteiger partial charge >= 0.3 is 0 Å². The average molecular weight is 295 g/mol. The predicted octanol–water partition coefficient (Wildman–Crippen LogP) is 2.09. The van der Waals surface area contributed by atoms with Crippen LogP contribution in [0, 0.1) is 0 Å². The maximum absolute atomic E-state index is 10.5. The lowest BCUT2D eigenvalue weighted by molar-refractivity contribution is -0.690. The number of phenols is 1. The summed E-state index contributed by atoms with van der Waals surface area (Å²) in [5.41, 5.74) is 4.61. The Hall–Kier alpha value is -2.46. The number of benzene rings is 2. The fraction of sp³-hybridized carbons (Fsp3) is 0.222. The summed E-state index contributed by atoms with van der Waals surface area (Å²) in [4.78, 5) is 3.55. The molecule has 0 unspecified atom stereocenters. The molecule has 1 aliphatic rings. The molecule has 4 heteroatoms. The van der Waals surface area contributed by atoms with Crippen LogP contribution in [-0.4, -0.2) is 23.7 Å². The van der Waals surface area contributed by atoms with E-state index >= 15 is 0 Å². The molecule has 2 heterocycles. The first kappa shape index (κ1) is 13.2. The summed E-state index contributed by atoms with van der Waals surface area (Å²) in [6.45, 7) is 1.01. The molecule has 0 aliphatic carbocycles. The lowest BCUT2D eigenvalue weighted by Gasteiger charge is -2.22. The molecule has 0 amide bonds. The molecule has 3 aromatic rings. The minimum absolute atomic E-state index is 0.0752. The van der Waals surface area contributed by atoms with Gasteiger partial charge in [0.1, 0.15) is 0 Å². The van der Waals surface area contributed by atoms with Gasteiger partial charge in [0.15, 0.2) is 17.5 Å². The lowest BCUT2D eigenvalue weighted by Crippen LogP contribution is -2.87. The fourth-order valence-corrected chi connectivity index (χ4v) is 3.51. The van der Waals surface area contributed by atoms with Crippen molar-refractivity contribution in [2.45, 2.75) is 12.5 Å². The first-order valence-corrected chi connectivity index (χ1v) is 7.58. The molecular formula is C18H19N2O2+. The third-order valence-corrected chi connectivity index (χ3v) is 4.54. The second-order valence-corrected chi connectivity index (χ2v) is 5.71. The number of phenolic OH excluding ortho intramolecular Hbond substituents is 1. The van der Waals surface area contributed by atoms with E-state index in [4.69, 9.17) is 4.74 Å². The van der Waals surface area contributed by atoms with Gasteiger partial charge in [-0.1, -0.05) is 24.3 Å². The monoisotopic (exact) mass is 295 g/mol. The first-order chi connectivity index (χ1) is 10.8. The van der Waals surface area contributed by atoms with Gasteiger partial charge in [-0.3, -0.25) is 0 Å². The highest BCUT2D eigenvalue weighted by Gasteiger charge is 2.31. The van der Waals surface area contributed by atoms with Crippen molar-refractivity contribution in [1.29, 1.82) is 0 Å². The molecule has 0 saturated heterocycles. The van der Waals surface area contributed by atoms with Gasteiger partial charge in [-0.15, -0.1) is 0 Å². The summed E-state index contributed by atoms with van der Waals surface area (Å²) in [6.07, 6.45) is 1.04. The van der Waals surface area contributed by atoms with E-state index in [-0.39, 0.29) is 11.8 Å². The topological polar surface area (TPSA) is 61.9 Å². The van der Waals surface area contributed by atoms with Crippen LogP contribution in [0.25, 0.3) is 10.9 Å². The first-order valence-electron chi connectivity index (χ1n) is 7.58. The van der Waals surface area contributed by atoms with Crippen LogP contribution >= 0.6 is 0 Å². The van der Waals surface area contributed by atoms with Gasteiger partial charge in [0, 0.05) is 17.3 Å². The number of nitrogens with two attached hydrogens (primary N) is 1. The Morgan fingerprint density at radius 3 is 2.91 bits per heavy atom. The van der Waals surface area contributed by atoms with Gasteiger partial charge in [0.25, 0.3) is 0 Å². The van der Waals surface area contributed by atoms with Gasteiger partial charge in [0.05, 0.1) is 24.9 Å². The normalized spacial score (nSPS) is 17.4. The Labute approximate surface area is 128 Å². The van der Waals surface area contributed by atoms with Crippen LogP contribution < -0.4 is 10.1 Å². The van der Waals surface area contributed by atoms with Crippen LogP contribution in [0.15, 0.2) is 42.5 Å². The van der Waals surface area contributed by atoms with Crippen LogP contribution in [0.4, 0.5) is 0 Å². The van der Waals surface area contributed by atoms with Crippen LogP contribution in [0.1, 0.15) is 22.9 Å². The Bertz CT molecular complexity index is 838. The minimum atomic E-state index is 0.0752. The van der Waals surface area contributed by atoms with Gasteiger partial charge in [-0.25, -0.2) is 0 Å². The number of rotatable bonds is 2. The van der Waals surface area contributed by atoms with E-state index in [2.05, 4.69) is 28.5 Å². The smallest absolute Gasteiger partial charge is 0.167 e. The molecule has 1 aliphatic heterocycles. The standard InChI is InChI=1S/C18H18N2O2/c1-22-15-8-4-6-13(18(15)21)16-17-12(9-10-19-16)11-5-2-3-7-14(11)20-17/h2-8,16,19-21H,9-10H2,1H3/p+1/t16-/m1/s1. The second kappa shape index (κ2) is 5.07. The van der Waals surface area contributed by atoms with Crippen molar-refractivity contribution in [1.82, 2.24) is 4.98 Å². The van der Waals surface area contributed by atoms with E-state index in [0.717, 1.165) is 24.0 Å². The van der Waals surface area contributed by atoms with Gasteiger partial charge < -0.3 is 20.1 Å². The highest BCUT2D eigenvalue weighted by Crippen LogP contribution is 2.37. The van der Waals surface area contributed by atoms with E-state index in [1.807, 2.05) is 18.2 Å². The van der Waals surface area contributed by atoms with Crippen LogP contribution in [0.3, 0.4) is 0 Å². The molecule has 0 spiro atoms. The summed E-state index contributed by atoms with van der Waals surface area (Å²) in [7, 11) is 1.58. The van der Waals surface area contributed by atoms with E-state index in [0.29, 0.717) is 5.75 Å². The molecule has 1 aromatic heterocycles. The number of aromatic nitrogens is 1. The largest absolute Gasteiger partial charge is 0.504 e. The maximum Gasteiger partial charge on any atom is 0.167 e. The Balaban J connectivity index is 1.90. The summed E-state index contributed by atoms with van der Waals surface area (Å²) < 4.78 is 5.25. The lowest BCUT2D eigenvalue weighted by atomic mass is 9.93. The third kappa shape index (κ3) is 1.88. The van der Waals surface area contributed by atoms with Crippen molar-refractivity contribution in [2.24, 2.45) is 0 Å². The number of quaternary nitrogens is 1. The van der Waals surface area contributed by atoms with Gasteiger partial charge in [0.2, 0.25) is 0 Å². The number of fused-ring (bicyclic) bond motifs is 3. The summed E-state index contributed by atoms with van der Waals surface area (Å²) in [6, 6.07) is 14.2. The summed E-state index contributed by atoms with van der Waals surface area (Å²) >= 11 is 0.